The van der Waals surface area contributed by atoms with Crippen LogP contribution in [0.1, 0.15) is 11.1 Å². The first kappa shape index (κ1) is 19.3. The molecule has 8 heteroatoms. The number of nitrogens with one attached hydrogen (secondary N) is 1. The zero-order valence-electron chi connectivity index (χ0n) is 15.0. The lowest BCUT2D eigenvalue weighted by Crippen LogP contribution is -2.24. The van der Waals surface area contributed by atoms with Gasteiger partial charge >= 0.3 is 0 Å². The van der Waals surface area contributed by atoms with E-state index in [-0.39, 0.29) is 11.7 Å². The topological polar surface area (TPSA) is 69.0 Å². The van der Waals surface area contributed by atoms with Crippen LogP contribution in [0, 0.1) is 6.92 Å². The van der Waals surface area contributed by atoms with Gasteiger partial charge in [0.1, 0.15) is 12.1 Å². The van der Waals surface area contributed by atoms with Crippen LogP contribution in [0.3, 0.4) is 0 Å². The molecule has 1 amide bonds. The molecule has 0 saturated carbocycles. The number of methoxy groups -OCH3 is 1. The quantitative estimate of drug-likeness (QED) is 0.611. The molecule has 1 heterocycles. The predicted molar refractivity (Wildman–Crippen MR) is 107 cm³/mol. The fourth-order valence-electron chi connectivity index (χ4n) is 2.48. The van der Waals surface area contributed by atoms with Crippen LogP contribution >= 0.6 is 23.4 Å². The fourth-order valence-corrected chi connectivity index (χ4v) is 3.43. The number of aromatic nitrogens is 3. The lowest BCUT2D eigenvalue weighted by Gasteiger charge is -2.09. The van der Waals surface area contributed by atoms with Crippen molar-refractivity contribution in [3.63, 3.8) is 0 Å². The third-order valence-corrected chi connectivity index (χ3v) is 5.08. The Morgan fingerprint density at radius 1 is 1.30 bits per heavy atom. The monoisotopic (exact) mass is 402 g/mol. The molecule has 6 nitrogen and oxygen atoms in total. The van der Waals surface area contributed by atoms with E-state index < -0.39 is 0 Å². The smallest absolute Gasteiger partial charge is 0.230 e. The highest BCUT2D eigenvalue weighted by Gasteiger charge is 2.11. The maximum Gasteiger partial charge on any atom is 0.230 e. The van der Waals surface area contributed by atoms with Crippen molar-refractivity contribution in [2.75, 3.05) is 12.9 Å². The molecule has 0 aliphatic heterocycles. The molecular weight excluding hydrogens is 384 g/mol. The number of rotatable bonds is 7. The van der Waals surface area contributed by atoms with Gasteiger partial charge in [0.05, 0.1) is 18.6 Å². The van der Waals surface area contributed by atoms with Gasteiger partial charge in [-0.3, -0.25) is 9.36 Å². The predicted octanol–water partition coefficient (Wildman–Crippen LogP) is 3.65. The highest BCUT2D eigenvalue weighted by Crippen LogP contribution is 2.22. The Morgan fingerprint density at radius 2 is 2.15 bits per heavy atom. The van der Waals surface area contributed by atoms with E-state index in [2.05, 4.69) is 15.5 Å². The Kier molecular flexibility index (Phi) is 6.36. The first-order valence-electron chi connectivity index (χ1n) is 8.26. The van der Waals surface area contributed by atoms with Crippen molar-refractivity contribution in [1.29, 1.82) is 0 Å². The normalized spacial score (nSPS) is 10.6. The van der Waals surface area contributed by atoms with Crippen molar-refractivity contribution in [2.24, 2.45) is 0 Å². The molecule has 0 saturated heterocycles. The molecule has 0 spiro atoms. The minimum atomic E-state index is -0.0832. The second-order valence-electron chi connectivity index (χ2n) is 5.83. The summed E-state index contributed by atoms with van der Waals surface area (Å²) in [7, 11) is 1.64. The van der Waals surface area contributed by atoms with Gasteiger partial charge in [-0.15, -0.1) is 10.2 Å². The summed E-state index contributed by atoms with van der Waals surface area (Å²) in [6.07, 6.45) is 1.60. The summed E-state index contributed by atoms with van der Waals surface area (Å²) < 4.78 is 7.11. The highest BCUT2D eigenvalue weighted by atomic mass is 35.5. The zero-order valence-corrected chi connectivity index (χ0v) is 16.5. The molecule has 140 valence electrons. The minimum Gasteiger partial charge on any atom is -0.496 e. The summed E-state index contributed by atoms with van der Waals surface area (Å²) in [5.74, 6) is 0.966. The molecule has 3 aromatic rings. The number of hydrogen-bond donors (Lipinski definition) is 1. The second kappa shape index (κ2) is 8.92. The fraction of sp³-hybridized carbons (Fsp3) is 0.211. The number of ether oxygens (including phenoxy) is 1. The van der Waals surface area contributed by atoms with Crippen molar-refractivity contribution < 1.29 is 9.53 Å². The second-order valence-corrected chi connectivity index (χ2v) is 7.21. The van der Waals surface area contributed by atoms with Crippen molar-refractivity contribution in [2.45, 2.75) is 18.6 Å². The number of amides is 1. The van der Waals surface area contributed by atoms with E-state index in [0.717, 1.165) is 22.6 Å². The molecule has 27 heavy (non-hydrogen) atoms. The molecule has 0 unspecified atom stereocenters. The largest absolute Gasteiger partial charge is 0.496 e. The van der Waals surface area contributed by atoms with E-state index in [9.17, 15) is 4.79 Å². The van der Waals surface area contributed by atoms with Crippen LogP contribution in [0.15, 0.2) is 53.9 Å². The summed E-state index contributed by atoms with van der Waals surface area (Å²) in [6.45, 7) is 2.42. The average molecular weight is 403 g/mol. The molecular formula is C19H19ClN4O2S. The van der Waals surface area contributed by atoms with Gasteiger partial charge in [-0.1, -0.05) is 41.6 Å². The Balaban J connectivity index is 1.57. The van der Waals surface area contributed by atoms with Gasteiger partial charge in [0.2, 0.25) is 5.91 Å². The van der Waals surface area contributed by atoms with Crippen LogP contribution in [0.25, 0.3) is 5.69 Å². The van der Waals surface area contributed by atoms with E-state index in [0.29, 0.717) is 16.7 Å². The maximum atomic E-state index is 12.2. The lowest BCUT2D eigenvalue weighted by atomic mass is 10.1. The molecule has 2 aromatic carbocycles. The first-order valence-corrected chi connectivity index (χ1v) is 9.62. The Labute approximate surface area is 166 Å². The number of halogens is 1. The molecule has 0 atom stereocenters. The van der Waals surface area contributed by atoms with E-state index in [1.807, 2.05) is 43.3 Å². The summed E-state index contributed by atoms with van der Waals surface area (Å²) >= 11 is 7.36. The van der Waals surface area contributed by atoms with E-state index in [4.69, 9.17) is 16.3 Å². The van der Waals surface area contributed by atoms with Gasteiger partial charge in [-0.2, -0.15) is 0 Å². The van der Waals surface area contributed by atoms with Crippen molar-refractivity contribution >= 4 is 29.3 Å². The number of carbonyl (C=O) groups excluding carboxylic acids is 1. The SMILES string of the molecule is COc1cc(CNC(=O)CSc2nncn2-c2cccc(Cl)c2)ccc1C. The van der Waals surface area contributed by atoms with Crippen LogP contribution < -0.4 is 10.1 Å². The van der Waals surface area contributed by atoms with Crippen LogP contribution in [-0.2, 0) is 11.3 Å². The van der Waals surface area contributed by atoms with E-state index in [1.54, 1.807) is 24.1 Å². The summed E-state index contributed by atoms with van der Waals surface area (Å²) in [5.41, 5.74) is 2.89. The number of nitrogens with zero attached hydrogens (tertiary/aromatic N) is 3. The van der Waals surface area contributed by atoms with E-state index >= 15 is 0 Å². The van der Waals surface area contributed by atoms with Gasteiger partial charge in [-0.25, -0.2) is 0 Å². The molecule has 3 rings (SSSR count). The van der Waals surface area contributed by atoms with Crippen LogP contribution in [-0.4, -0.2) is 33.5 Å². The van der Waals surface area contributed by atoms with E-state index in [1.165, 1.54) is 11.8 Å². The molecule has 1 aromatic heterocycles. The van der Waals surface area contributed by atoms with Gasteiger partial charge in [0.25, 0.3) is 0 Å². The maximum absolute atomic E-state index is 12.2. The lowest BCUT2D eigenvalue weighted by molar-refractivity contribution is -0.118. The molecule has 0 aliphatic rings. The number of aryl methyl sites for hydroxylation is 1. The average Bonchev–Trinajstić information content (AvgIpc) is 3.14. The van der Waals surface area contributed by atoms with Crippen molar-refractivity contribution in [3.05, 3.63) is 64.9 Å². The molecule has 1 N–H and O–H groups in total. The third-order valence-electron chi connectivity index (χ3n) is 3.90. The summed E-state index contributed by atoms with van der Waals surface area (Å²) in [6, 6.07) is 13.3. The van der Waals surface area contributed by atoms with Gasteiger partial charge < -0.3 is 10.1 Å². The summed E-state index contributed by atoms with van der Waals surface area (Å²) in [4.78, 5) is 12.2. The van der Waals surface area contributed by atoms with Crippen LogP contribution in [0.5, 0.6) is 5.75 Å². The summed E-state index contributed by atoms with van der Waals surface area (Å²) in [5, 5.41) is 12.2. The number of hydrogen-bond acceptors (Lipinski definition) is 5. The highest BCUT2D eigenvalue weighted by molar-refractivity contribution is 7.99. The van der Waals surface area contributed by atoms with Crippen molar-refractivity contribution in [1.82, 2.24) is 20.1 Å². The molecule has 0 bridgehead atoms. The van der Waals surface area contributed by atoms with Crippen LogP contribution in [0.2, 0.25) is 5.02 Å². The first-order chi connectivity index (χ1) is 13.1. The van der Waals surface area contributed by atoms with Gasteiger partial charge in [0, 0.05) is 11.6 Å². The minimum absolute atomic E-state index is 0.0832. The van der Waals surface area contributed by atoms with Gasteiger partial charge in [0.15, 0.2) is 5.16 Å². The standard InChI is InChI=1S/C19H19ClN4O2S/c1-13-6-7-14(8-17(13)26-2)10-21-18(25)11-27-19-23-22-12-24(19)16-5-3-4-15(20)9-16/h3-9,12H,10-11H2,1-2H3,(H,21,25). The molecule has 0 fully saturated rings. The Morgan fingerprint density at radius 3 is 2.93 bits per heavy atom. The number of carbonyl (C=O) groups is 1. The molecule has 0 radical (unpaired) electrons. The number of thioether (sulfide) groups is 1. The zero-order chi connectivity index (χ0) is 19.2. The third kappa shape index (κ3) is 5.02. The van der Waals surface area contributed by atoms with Gasteiger partial charge in [-0.05, 0) is 42.3 Å². The Bertz CT molecular complexity index is 945. The van der Waals surface area contributed by atoms with Crippen LogP contribution in [0.4, 0.5) is 0 Å². The number of benzene rings is 2. The van der Waals surface area contributed by atoms with Crippen molar-refractivity contribution in [3.8, 4) is 11.4 Å². The molecule has 0 aliphatic carbocycles. The Hall–Kier alpha value is -2.51.